The van der Waals surface area contributed by atoms with Gasteiger partial charge in [-0.05, 0) is 0 Å². The lowest BCUT2D eigenvalue weighted by atomic mass is 10.1. The number of anilines is 1. The number of carbonyl (C=O) groups excluding carboxylic acids is 1. The molecule has 1 unspecified atom stereocenters. The molecule has 3 rings (SSSR count). The molecule has 112 valence electrons. The number of sulfonamides is 1. The lowest BCUT2D eigenvalue weighted by molar-refractivity contribution is -0.117. The first-order valence-corrected chi connectivity index (χ1v) is 8.20. The quantitative estimate of drug-likeness (QED) is 0.659. The lowest BCUT2D eigenvalue weighted by Crippen LogP contribution is -2.28. The minimum absolute atomic E-state index is 0.108. The van der Waals surface area contributed by atoms with Crippen LogP contribution in [0.1, 0.15) is 6.42 Å². The average Bonchev–Trinajstić information content (AvgIpc) is 2.93. The maximum atomic E-state index is 12.0. The van der Waals surface area contributed by atoms with E-state index in [4.69, 9.17) is 17.4 Å². The molecule has 0 radical (unpaired) electrons. The van der Waals surface area contributed by atoms with Crippen LogP contribution in [-0.4, -0.2) is 46.6 Å². The maximum Gasteiger partial charge on any atom is 0.229 e. The zero-order chi connectivity index (χ0) is 15.2. The Bertz CT molecular complexity index is 870. The van der Waals surface area contributed by atoms with Gasteiger partial charge in [0.2, 0.25) is 21.9 Å². The first-order chi connectivity index (χ1) is 9.83. The largest absolute Gasteiger partial charge is 0.341 e. The normalized spacial score (nSPS) is 19.6. The van der Waals surface area contributed by atoms with Gasteiger partial charge in [0.15, 0.2) is 10.3 Å². The highest BCUT2D eigenvalue weighted by Crippen LogP contribution is 2.24. The van der Waals surface area contributed by atoms with Crippen LogP contribution in [0, 0.1) is 10.6 Å². The summed E-state index contributed by atoms with van der Waals surface area (Å²) in [6.07, 6.45) is 1.58. The van der Waals surface area contributed by atoms with Gasteiger partial charge in [-0.15, -0.1) is 0 Å². The van der Waals surface area contributed by atoms with Crippen molar-refractivity contribution in [3.05, 3.63) is 11.0 Å². The summed E-state index contributed by atoms with van der Waals surface area (Å²) < 4.78 is 22.5. The third kappa shape index (κ3) is 2.80. The molecular weight excluding hydrogens is 316 g/mol. The molecule has 2 aromatic rings. The van der Waals surface area contributed by atoms with Gasteiger partial charge in [-0.3, -0.25) is 9.69 Å². The second kappa shape index (κ2) is 4.86. The van der Waals surface area contributed by atoms with Crippen molar-refractivity contribution < 1.29 is 13.2 Å². The molecule has 0 saturated carbocycles. The Hall–Kier alpha value is -1.85. The van der Waals surface area contributed by atoms with E-state index in [-0.39, 0.29) is 36.5 Å². The maximum absolute atomic E-state index is 12.0. The van der Waals surface area contributed by atoms with E-state index in [0.717, 1.165) is 0 Å². The summed E-state index contributed by atoms with van der Waals surface area (Å²) in [4.78, 5) is 27.3. The molecule has 0 aromatic carbocycles. The fourth-order valence-electron chi connectivity index (χ4n) is 2.39. The number of aromatic nitrogens is 4. The van der Waals surface area contributed by atoms with Gasteiger partial charge < -0.3 is 9.97 Å². The standard InChI is InChI=1S/C10H12N6O3S2/c11-21(18,19)3-5-1-6(17)16(2-5)10-14-8-7(9(20)15-10)12-4-13-8/h4-5H,1-3H2,(H2,11,18,19)(H2,12,13,14,15,20). The summed E-state index contributed by atoms with van der Waals surface area (Å²) in [5, 5.41) is 5.02. The van der Waals surface area contributed by atoms with E-state index in [1.807, 2.05) is 0 Å². The molecule has 3 heterocycles. The summed E-state index contributed by atoms with van der Waals surface area (Å²) in [6.45, 7) is 0.226. The van der Waals surface area contributed by atoms with Gasteiger partial charge in [0, 0.05) is 18.9 Å². The van der Waals surface area contributed by atoms with Crippen LogP contribution >= 0.6 is 12.2 Å². The SMILES string of the molecule is NS(=O)(=O)CC1CC(=O)N(c2nc(=S)c3[nH]cnc3[nH]2)C1. The fourth-order valence-corrected chi connectivity index (χ4v) is 3.51. The number of carbonyl (C=O) groups is 1. The topological polar surface area (TPSA) is 138 Å². The Morgan fingerprint density at radius 1 is 1.52 bits per heavy atom. The third-order valence-electron chi connectivity index (χ3n) is 3.22. The Morgan fingerprint density at radius 2 is 2.29 bits per heavy atom. The number of nitrogens with one attached hydrogen (secondary N) is 2. The van der Waals surface area contributed by atoms with Crippen LogP contribution in [0.4, 0.5) is 5.95 Å². The van der Waals surface area contributed by atoms with E-state index in [2.05, 4.69) is 19.9 Å². The zero-order valence-electron chi connectivity index (χ0n) is 10.7. The molecule has 0 bridgehead atoms. The number of hydrogen-bond donors (Lipinski definition) is 3. The molecule has 1 saturated heterocycles. The monoisotopic (exact) mass is 328 g/mol. The predicted octanol–water partition coefficient (Wildman–Crippen LogP) is -0.343. The number of imidazole rings is 1. The molecule has 0 aliphatic carbocycles. The summed E-state index contributed by atoms with van der Waals surface area (Å²) in [5.74, 6) is -0.551. The molecule has 1 atom stereocenters. The van der Waals surface area contributed by atoms with Crippen molar-refractivity contribution in [2.24, 2.45) is 11.1 Å². The van der Waals surface area contributed by atoms with E-state index in [1.165, 1.54) is 11.2 Å². The van der Waals surface area contributed by atoms with Gasteiger partial charge in [0.1, 0.15) is 5.52 Å². The number of aromatic amines is 2. The summed E-state index contributed by atoms with van der Waals surface area (Å²) in [5.41, 5.74) is 1.08. The molecule has 11 heteroatoms. The van der Waals surface area contributed by atoms with Gasteiger partial charge in [0.25, 0.3) is 0 Å². The van der Waals surface area contributed by atoms with Crippen molar-refractivity contribution in [2.45, 2.75) is 6.42 Å². The van der Waals surface area contributed by atoms with Gasteiger partial charge in [-0.25, -0.2) is 23.5 Å². The highest BCUT2D eigenvalue weighted by molar-refractivity contribution is 7.89. The summed E-state index contributed by atoms with van der Waals surface area (Å²) in [7, 11) is -3.62. The molecule has 1 aliphatic rings. The van der Waals surface area contributed by atoms with Gasteiger partial charge in [-0.1, -0.05) is 12.2 Å². The molecule has 21 heavy (non-hydrogen) atoms. The average molecular weight is 328 g/mol. The van der Waals surface area contributed by atoms with Gasteiger partial charge in [0.05, 0.1) is 12.1 Å². The van der Waals surface area contributed by atoms with E-state index in [9.17, 15) is 13.2 Å². The van der Waals surface area contributed by atoms with Crippen molar-refractivity contribution in [1.29, 1.82) is 0 Å². The number of hydrogen-bond acceptors (Lipinski definition) is 6. The Kier molecular flexibility index (Phi) is 3.26. The van der Waals surface area contributed by atoms with E-state index < -0.39 is 10.0 Å². The van der Waals surface area contributed by atoms with E-state index >= 15 is 0 Å². The summed E-state index contributed by atoms with van der Waals surface area (Å²) >= 11 is 5.13. The molecule has 0 spiro atoms. The van der Waals surface area contributed by atoms with Crippen LogP contribution in [0.3, 0.4) is 0 Å². The predicted molar refractivity (Wildman–Crippen MR) is 77.5 cm³/mol. The van der Waals surface area contributed by atoms with Crippen LogP contribution in [0.2, 0.25) is 0 Å². The molecule has 1 amide bonds. The molecule has 4 N–H and O–H groups in total. The number of primary sulfonamides is 1. The fraction of sp³-hybridized carbons (Fsp3) is 0.400. The summed E-state index contributed by atoms with van der Waals surface area (Å²) in [6, 6.07) is 0. The van der Waals surface area contributed by atoms with Crippen molar-refractivity contribution in [3.63, 3.8) is 0 Å². The molecule has 2 aromatic heterocycles. The number of H-pyrrole nitrogens is 2. The number of nitrogens with zero attached hydrogens (tertiary/aromatic N) is 3. The van der Waals surface area contributed by atoms with Crippen LogP contribution in [0.15, 0.2) is 6.33 Å². The molecular formula is C10H12N6O3S2. The minimum atomic E-state index is -3.62. The van der Waals surface area contributed by atoms with Gasteiger partial charge >= 0.3 is 0 Å². The lowest BCUT2D eigenvalue weighted by Gasteiger charge is -2.14. The molecule has 9 nitrogen and oxygen atoms in total. The highest BCUT2D eigenvalue weighted by Gasteiger charge is 2.34. The molecule has 1 fully saturated rings. The molecule has 1 aliphatic heterocycles. The van der Waals surface area contributed by atoms with Gasteiger partial charge in [-0.2, -0.15) is 0 Å². The second-order valence-corrected chi connectivity index (χ2v) is 6.94. The Balaban J connectivity index is 1.92. The first kappa shape index (κ1) is 14.1. The smallest absolute Gasteiger partial charge is 0.229 e. The Morgan fingerprint density at radius 3 is 3.00 bits per heavy atom. The number of fused-ring (bicyclic) bond motifs is 1. The zero-order valence-corrected chi connectivity index (χ0v) is 12.4. The van der Waals surface area contributed by atoms with Crippen molar-refractivity contribution >= 4 is 45.3 Å². The number of amides is 1. The first-order valence-electron chi connectivity index (χ1n) is 6.08. The van der Waals surface area contributed by atoms with Crippen LogP contribution in [0.5, 0.6) is 0 Å². The van der Waals surface area contributed by atoms with Crippen LogP contribution < -0.4 is 10.0 Å². The van der Waals surface area contributed by atoms with Crippen LogP contribution in [-0.2, 0) is 14.8 Å². The highest BCUT2D eigenvalue weighted by atomic mass is 32.2. The number of rotatable bonds is 3. The minimum Gasteiger partial charge on any atom is -0.341 e. The van der Waals surface area contributed by atoms with E-state index in [0.29, 0.717) is 15.8 Å². The second-order valence-electron chi connectivity index (χ2n) is 4.90. The Labute approximate surface area is 124 Å². The third-order valence-corrected chi connectivity index (χ3v) is 4.45. The number of nitrogens with two attached hydrogens (primary N) is 1. The van der Waals surface area contributed by atoms with Crippen molar-refractivity contribution in [1.82, 2.24) is 19.9 Å². The van der Waals surface area contributed by atoms with Crippen LogP contribution in [0.25, 0.3) is 11.2 Å². The van der Waals surface area contributed by atoms with Crippen molar-refractivity contribution in [2.75, 3.05) is 17.2 Å². The van der Waals surface area contributed by atoms with Crippen molar-refractivity contribution in [3.8, 4) is 0 Å². The van der Waals surface area contributed by atoms with E-state index in [1.54, 1.807) is 0 Å².